The lowest BCUT2D eigenvalue weighted by Gasteiger charge is -2.25. The summed E-state index contributed by atoms with van der Waals surface area (Å²) in [5.74, 6) is -8.90. The molecule has 0 saturated carbocycles. The quantitative estimate of drug-likeness (QED) is 0.0525. The molecule has 0 aromatic heterocycles. The number of carbonyl (C=O) groups is 8. The molecule has 3 aromatic carbocycles. The van der Waals surface area contributed by atoms with Crippen LogP contribution in [0.5, 0.6) is 17.2 Å². The number of aromatic hydroxyl groups is 3. The van der Waals surface area contributed by atoms with Crippen molar-refractivity contribution in [2.75, 3.05) is 6.54 Å². The molecular formula is C38H45N7O13. The number of carbonyl (C=O) groups excluding carboxylic acids is 6. The van der Waals surface area contributed by atoms with E-state index in [9.17, 15) is 63.9 Å². The summed E-state index contributed by atoms with van der Waals surface area (Å²) in [4.78, 5) is 102. The fourth-order valence-electron chi connectivity index (χ4n) is 5.43. The average Bonchev–Trinajstić information content (AvgIpc) is 3.16. The van der Waals surface area contributed by atoms with E-state index >= 15 is 0 Å². The number of benzene rings is 3. The van der Waals surface area contributed by atoms with Gasteiger partial charge in [0.05, 0.1) is 19.0 Å². The molecule has 5 atom stereocenters. The van der Waals surface area contributed by atoms with Gasteiger partial charge >= 0.3 is 11.9 Å². The van der Waals surface area contributed by atoms with Gasteiger partial charge in [0.25, 0.3) is 0 Å². The molecule has 20 heteroatoms. The molecule has 0 spiro atoms. The first-order chi connectivity index (χ1) is 27.4. The number of primary amides is 1. The summed E-state index contributed by atoms with van der Waals surface area (Å²) in [5.41, 5.74) is 12.8. The van der Waals surface area contributed by atoms with E-state index in [-0.39, 0.29) is 36.5 Å². The zero-order valence-corrected chi connectivity index (χ0v) is 30.9. The maximum Gasteiger partial charge on any atom is 0.326 e. The van der Waals surface area contributed by atoms with Crippen LogP contribution in [0.25, 0.3) is 0 Å². The second kappa shape index (κ2) is 21.8. The average molecular weight is 808 g/mol. The number of phenols is 3. The predicted octanol–water partition coefficient (Wildman–Crippen LogP) is -1.96. The lowest BCUT2D eigenvalue weighted by atomic mass is 10.0. The Morgan fingerprint density at radius 3 is 1.43 bits per heavy atom. The minimum absolute atomic E-state index is 0.0219. The molecule has 0 aliphatic rings. The van der Waals surface area contributed by atoms with Crippen molar-refractivity contribution in [2.45, 2.75) is 68.7 Å². The van der Waals surface area contributed by atoms with Gasteiger partial charge in [0, 0.05) is 19.3 Å². The van der Waals surface area contributed by atoms with Gasteiger partial charge < -0.3 is 63.6 Å². The standard InChI is InChI=1S/C38H45N7O13/c39-26(15-20-1-7-23(46)8-2-20)34(53)43-27(13-14-33(51)52)36(55)45-29(18-31(40)49)37(56)44-28(16-21-3-9-24(47)10-4-21)35(54)41-19-32(50)42-30(38(57)58)17-22-5-11-25(48)12-6-22/h1-12,26-30,46-48H,13-19,39H2,(H2,40,49)(H,41,54)(H,42,50)(H,43,53)(H,44,56)(H,45,55)(H,51,52)(H,57,58). The predicted molar refractivity (Wildman–Crippen MR) is 202 cm³/mol. The monoisotopic (exact) mass is 807 g/mol. The molecule has 6 amide bonds. The highest BCUT2D eigenvalue weighted by Gasteiger charge is 2.32. The van der Waals surface area contributed by atoms with Gasteiger partial charge in [-0.15, -0.1) is 0 Å². The Morgan fingerprint density at radius 2 is 0.966 bits per heavy atom. The molecule has 0 heterocycles. The van der Waals surface area contributed by atoms with Crippen molar-refractivity contribution in [2.24, 2.45) is 11.5 Å². The molecule has 3 aromatic rings. The van der Waals surface area contributed by atoms with Crippen LogP contribution in [0.4, 0.5) is 0 Å². The van der Waals surface area contributed by atoms with Gasteiger partial charge in [-0.05, 0) is 65.9 Å². The van der Waals surface area contributed by atoms with Crippen molar-refractivity contribution in [1.29, 1.82) is 0 Å². The molecule has 20 nitrogen and oxygen atoms in total. The topological polar surface area (TPSA) is 350 Å². The van der Waals surface area contributed by atoms with Crippen LogP contribution in [0.15, 0.2) is 72.8 Å². The summed E-state index contributed by atoms with van der Waals surface area (Å²) in [6.07, 6.45) is -2.33. The molecule has 0 saturated heterocycles. The van der Waals surface area contributed by atoms with Crippen LogP contribution in [-0.4, -0.2) is 110 Å². The second-order valence-corrected chi connectivity index (χ2v) is 13.2. The molecular weight excluding hydrogens is 762 g/mol. The minimum atomic E-state index is -1.77. The number of nitrogens with two attached hydrogens (primary N) is 2. The first-order valence-electron chi connectivity index (χ1n) is 17.7. The highest BCUT2D eigenvalue weighted by atomic mass is 16.4. The fraction of sp³-hybridized carbons (Fsp3) is 0.316. The number of phenolic OH excluding ortho intramolecular Hbond substituents is 3. The summed E-state index contributed by atoms with van der Waals surface area (Å²) < 4.78 is 0. The zero-order chi connectivity index (χ0) is 42.9. The molecule has 5 unspecified atom stereocenters. The Kier molecular flexibility index (Phi) is 16.9. The molecule has 0 fully saturated rings. The number of carboxylic acids is 2. The molecule has 58 heavy (non-hydrogen) atoms. The van der Waals surface area contributed by atoms with Crippen LogP contribution in [0.3, 0.4) is 0 Å². The Balaban J connectivity index is 1.76. The zero-order valence-electron chi connectivity index (χ0n) is 30.9. The van der Waals surface area contributed by atoms with E-state index in [2.05, 4.69) is 26.6 Å². The van der Waals surface area contributed by atoms with E-state index in [1.807, 2.05) is 0 Å². The van der Waals surface area contributed by atoms with E-state index in [0.29, 0.717) is 16.7 Å². The van der Waals surface area contributed by atoms with Crippen molar-refractivity contribution in [1.82, 2.24) is 26.6 Å². The number of amides is 6. The maximum atomic E-state index is 13.6. The molecule has 0 radical (unpaired) electrons. The van der Waals surface area contributed by atoms with Crippen LogP contribution in [-0.2, 0) is 57.6 Å². The van der Waals surface area contributed by atoms with E-state index in [1.165, 1.54) is 72.8 Å². The Hall–Kier alpha value is -7.22. The van der Waals surface area contributed by atoms with Crippen LogP contribution >= 0.6 is 0 Å². The van der Waals surface area contributed by atoms with Crippen molar-refractivity contribution >= 4 is 47.4 Å². The van der Waals surface area contributed by atoms with Gasteiger partial charge in [-0.3, -0.25) is 33.6 Å². The number of carboxylic acid groups (broad SMARTS) is 2. The SMILES string of the molecule is NC(=O)CC(NC(=O)C(CCC(=O)O)NC(=O)C(N)Cc1ccc(O)cc1)C(=O)NC(Cc1ccc(O)cc1)C(=O)NCC(=O)NC(Cc1ccc(O)cc1)C(=O)O. The molecule has 14 N–H and O–H groups in total. The number of rotatable bonds is 22. The largest absolute Gasteiger partial charge is 0.508 e. The summed E-state index contributed by atoms with van der Waals surface area (Å²) in [7, 11) is 0. The summed E-state index contributed by atoms with van der Waals surface area (Å²) in [6, 6.07) is 9.37. The van der Waals surface area contributed by atoms with Gasteiger partial charge in [-0.25, -0.2) is 4.79 Å². The highest BCUT2D eigenvalue weighted by Crippen LogP contribution is 2.14. The molecule has 0 bridgehead atoms. The lowest BCUT2D eigenvalue weighted by Crippen LogP contribution is -2.59. The minimum Gasteiger partial charge on any atom is -0.508 e. The third-order valence-corrected chi connectivity index (χ3v) is 8.49. The third-order valence-electron chi connectivity index (χ3n) is 8.49. The van der Waals surface area contributed by atoms with E-state index < -0.39 is 103 Å². The molecule has 0 aliphatic heterocycles. The number of nitrogens with one attached hydrogen (secondary N) is 5. The Morgan fingerprint density at radius 1 is 0.534 bits per heavy atom. The van der Waals surface area contributed by atoms with Crippen molar-refractivity contribution in [3.63, 3.8) is 0 Å². The van der Waals surface area contributed by atoms with Gasteiger partial charge in [0.1, 0.15) is 41.4 Å². The van der Waals surface area contributed by atoms with E-state index in [1.54, 1.807) is 0 Å². The normalized spacial score (nSPS) is 13.3. The number of hydrogen-bond acceptors (Lipinski definition) is 12. The number of hydrogen-bond donors (Lipinski definition) is 12. The molecule has 0 aliphatic carbocycles. The van der Waals surface area contributed by atoms with E-state index in [4.69, 9.17) is 11.5 Å². The molecule has 310 valence electrons. The lowest BCUT2D eigenvalue weighted by molar-refractivity contribution is -0.141. The third kappa shape index (κ3) is 15.5. The smallest absolute Gasteiger partial charge is 0.326 e. The first-order valence-corrected chi connectivity index (χ1v) is 17.7. The molecule has 3 rings (SSSR count). The van der Waals surface area contributed by atoms with Crippen molar-refractivity contribution < 1.29 is 63.9 Å². The van der Waals surface area contributed by atoms with Crippen LogP contribution < -0.4 is 38.1 Å². The van der Waals surface area contributed by atoms with Crippen molar-refractivity contribution in [3.8, 4) is 17.2 Å². The van der Waals surface area contributed by atoms with Gasteiger partial charge in [0.2, 0.25) is 35.4 Å². The van der Waals surface area contributed by atoms with Crippen LogP contribution in [0, 0.1) is 0 Å². The van der Waals surface area contributed by atoms with Crippen LogP contribution in [0.2, 0.25) is 0 Å². The van der Waals surface area contributed by atoms with Crippen molar-refractivity contribution in [3.05, 3.63) is 89.5 Å². The van der Waals surface area contributed by atoms with Gasteiger partial charge in [-0.2, -0.15) is 0 Å². The first kappa shape index (κ1) is 45.2. The summed E-state index contributed by atoms with van der Waals surface area (Å²) >= 11 is 0. The number of aliphatic carboxylic acids is 2. The maximum absolute atomic E-state index is 13.6. The van der Waals surface area contributed by atoms with Gasteiger partial charge in [-0.1, -0.05) is 36.4 Å². The Bertz CT molecular complexity index is 1940. The fourth-order valence-corrected chi connectivity index (χ4v) is 5.43. The second-order valence-electron chi connectivity index (χ2n) is 13.2. The highest BCUT2D eigenvalue weighted by molar-refractivity contribution is 5.97. The Labute approximate surface area is 331 Å². The van der Waals surface area contributed by atoms with Gasteiger partial charge in [0.15, 0.2) is 0 Å². The summed E-state index contributed by atoms with van der Waals surface area (Å²) in [5, 5.41) is 59.2. The summed E-state index contributed by atoms with van der Waals surface area (Å²) in [6.45, 7) is -0.749. The van der Waals surface area contributed by atoms with Crippen LogP contribution in [0.1, 0.15) is 36.0 Å². The van der Waals surface area contributed by atoms with E-state index in [0.717, 1.165) is 0 Å².